The number of anilines is 1. The van der Waals surface area contributed by atoms with Gasteiger partial charge in [-0.3, -0.25) is 28.2 Å². The molecule has 62 heavy (non-hydrogen) atoms. The quantitative estimate of drug-likeness (QED) is 0.148. The Labute approximate surface area is 351 Å². The third-order valence-electron chi connectivity index (χ3n) is 10.6. The van der Waals surface area contributed by atoms with Crippen molar-refractivity contribution in [1.82, 2.24) is 39.1 Å². The van der Waals surface area contributed by atoms with E-state index in [4.69, 9.17) is 11.6 Å². The van der Waals surface area contributed by atoms with Gasteiger partial charge in [-0.2, -0.15) is 37.2 Å². The number of fused-ring (bicyclic) bond motifs is 5. The number of sulfone groups is 1. The number of hydrogen-bond acceptors (Lipinski definition) is 9. The number of amides is 1. The third kappa shape index (κ3) is 8.02. The molecule has 1 amide bonds. The van der Waals surface area contributed by atoms with Crippen molar-refractivity contribution >= 4 is 59.6 Å². The summed E-state index contributed by atoms with van der Waals surface area (Å²) in [6.07, 6.45) is -2.26. The minimum atomic E-state index is -5.13. The first-order valence-corrected chi connectivity index (χ1v) is 22.9. The Morgan fingerprint density at radius 1 is 1.02 bits per heavy atom. The van der Waals surface area contributed by atoms with Crippen LogP contribution in [-0.4, -0.2) is 74.7 Å². The average Bonchev–Trinajstić information content (AvgIpc) is 3.38. The van der Waals surface area contributed by atoms with E-state index in [9.17, 15) is 48.4 Å². The summed E-state index contributed by atoms with van der Waals surface area (Å²) in [6.45, 7) is -1.19. The molecule has 4 aromatic heterocycles. The first-order chi connectivity index (χ1) is 28.8. The molecule has 0 unspecified atom stereocenters. The predicted octanol–water partition coefficient (Wildman–Crippen LogP) is 5.18. The molecular weight excluding hydrogens is 899 g/mol. The summed E-state index contributed by atoms with van der Waals surface area (Å²) in [5.41, 5.74) is -3.96. The molecule has 25 heteroatoms. The Kier molecular flexibility index (Phi) is 10.3. The van der Waals surface area contributed by atoms with E-state index in [2.05, 4.69) is 25.3 Å². The van der Waals surface area contributed by atoms with Gasteiger partial charge >= 0.3 is 6.18 Å². The second-order valence-electron chi connectivity index (χ2n) is 15.5. The number of aryl methyl sites for hydroxylation is 2. The van der Waals surface area contributed by atoms with Crippen molar-refractivity contribution < 1.29 is 52.4 Å². The van der Waals surface area contributed by atoms with Crippen LogP contribution in [0.15, 0.2) is 47.4 Å². The van der Waals surface area contributed by atoms with E-state index < -0.39 is 103 Å². The van der Waals surface area contributed by atoms with Gasteiger partial charge in [0.1, 0.15) is 39.2 Å². The van der Waals surface area contributed by atoms with Gasteiger partial charge in [0.2, 0.25) is 15.9 Å². The van der Waals surface area contributed by atoms with Crippen molar-refractivity contribution in [3.8, 4) is 5.69 Å². The first kappa shape index (κ1) is 43.2. The third-order valence-corrected chi connectivity index (χ3v) is 12.6. The lowest BCUT2D eigenvalue weighted by Gasteiger charge is -2.23. The van der Waals surface area contributed by atoms with Crippen LogP contribution in [0.25, 0.3) is 22.1 Å². The molecule has 2 N–H and O–H groups in total. The van der Waals surface area contributed by atoms with Crippen molar-refractivity contribution in [1.29, 1.82) is 0 Å². The number of rotatable bonds is 13. The predicted molar refractivity (Wildman–Crippen MR) is 209 cm³/mol. The topological polar surface area (TPSA) is 184 Å². The highest BCUT2D eigenvalue weighted by Crippen LogP contribution is 2.68. The molecule has 3 atom stereocenters. The Morgan fingerprint density at radius 3 is 2.35 bits per heavy atom. The number of benzene rings is 2. The molecule has 330 valence electrons. The Hall–Kier alpha value is -5.49. The lowest BCUT2D eigenvalue weighted by atomic mass is 10.0. The lowest BCUT2D eigenvalue weighted by molar-refractivity contribution is -0.142. The Bertz CT molecular complexity index is 3130. The fourth-order valence-electron chi connectivity index (χ4n) is 8.18. The molecule has 2 aliphatic carbocycles. The van der Waals surface area contributed by atoms with E-state index >= 15 is 8.78 Å². The van der Waals surface area contributed by atoms with Gasteiger partial charge in [-0.05, 0) is 66.6 Å². The van der Waals surface area contributed by atoms with E-state index in [1.165, 1.54) is 36.1 Å². The summed E-state index contributed by atoms with van der Waals surface area (Å²) in [5, 5.41) is 14.8. The number of carbonyl (C=O) groups excluding carboxylic acids is 1. The Morgan fingerprint density at radius 2 is 1.71 bits per heavy atom. The van der Waals surface area contributed by atoms with Gasteiger partial charge in [-0.1, -0.05) is 11.6 Å². The number of alkyl halides is 5. The number of halogens is 8. The summed E-state index contributed by atoms with van der Waals surface area (Å²) < 4.78 is 157. The van der Waals surface area contributed by atoms with E-state index in [1.54, 1.807) is 0 Å². The van der Waals surface area contributed by atoms with E-state index in [0.717, 1.165) is 33.7 Å². The molecule has 1 fully saturated rings. The molecule has 2 aromatic carbocycles. The van der Waals surface area contributed by atoms with Gasteiger partial charge in [0, 0.05) is 43.5 Å². The summed E-state index contributed by atoms with van der Waals surface area (Å²) in [5.74, 6) is -10.4. The summed E-state index contributed by atoms with van der Waals surface area (Å²) >= 11 is 6.57. The molecule has 0 aliphatic heterocycles. The van der Waals surface area contributed by atoms with Crippen LogP contribution in [0.3, 0.4) is 0 Å². The number of hydrogen-bond donors (Lipinski definition) is 2. The monoisotopic (exact) mass is 931 g/mol. The number of aromatic nitrogens is 7. The first-order valence-electron chi connectivity index (χ1n) is 18.6. The highest BCUT2D eigenvalue weighted by atomic mass is 35.5. The van der Waals surface area contributed by atoms with E-state index in [-0.39, 0.29) is 74.0 Å². The molecule has 0 spiro atoms. The zero-order valence-electron chi connectivity index (χ0n) is 32.4. The standard InChI is InChI=1S/C37H33ClF7N9O6S2/c1-51-30-25(7-6-23(38)29(30)33(48-51)50-62(3,59)60)54-34(49-52-15-17(12-26(52)35(54)56)5-4-8-61(2,57)58)24(11-18-9-19(39)13-20(40)10-18)46-27(55)16-53-32-28(31(47-53)37(43,44)45)21-14-22(21)36(32,41)42/h6-7,9-10,12-13,15,21-22,24H,4-5,8,11,14,16H2,1-3H3,(H,46,55)(H,48,50)/t21-,22+,24-/m0/s1. The molecule has 6 aromatic rings. The molecule has 1 saturated carbocycles. The maximum Gasteiger partial charge on any atom is 0.435 e. The summed E-state index contributed by atoms with van der Waals surface area (Å²) in [4.78, 5) is 28.9. The van der Waals surface area contributed by atoms with Crippen LogP contribution in [0.2, 0.25) is 5.02 Å². The average molecular weight is 932 g/mol. The van der Waals surface area contributed by atoms with Gasteiger partial charge in [-0.15, -0.1) is 0 Å². The minimum Gasteiger partial charge on any atom is -0.344 e. The lowest BCUT2D eigenvalue weighted by Crippen LogP contribution is -2.38. The van der Waals surface area contributed by atoms with E-state index in [0.29, 0.717) is 11.6 Å². The Balaban J connectivity index is 1.32. The molecule has 15 nitrogen and oxygen atoms in total. The van der Waals surface area contributed by atoms with Crippen LogP contribution >= 0.6 is 11.6 Å². The van der Waals surface area contributed by atoms with Crippen LogP contribution in [0, 0.1) is 17.6 Å². The smallest absolute Gasteiger partial charge is 0.344 e. The molecule has 2 aliphatic rings. The van der Waals surface area contributed by atoms with Crippen LogP contribution in [-0.2, 0) is 63.2 Å². The molecule has 0 bridgehead atoms. The van der Waals surface area contributed by atoms with Crippen LogP contribution in [0.4, 0.5) is 36.6 Å². The molecule has 0 radical (unpaired) electrons. The summed E-state index contributed by atoms with van der Waals surface area (Å²) in [6, 6.07) is 4.83. The van der Waals surface area contributed by atoms with Crippen molar-refractivity contribution in [2.45, 2.75) is 56.3 Å². The van der Waals surface area contributed by atoms with Gasteiger partial charge in [0.15, 0.2) is 17.3 Å². The summed E-state index contributed by atoms with van der Waals surface area (Å²) in [7, 11) is -5.92. The number of nitrogens with one attached hydrogen (secondary N) is 2. The molecule has 0 saturated heterocycles. The maximum absolute atomic E-state index is 15.5. The molecule has 8 rings (SSSR count). The normalized spacial score (nSPS) is 17.7. The fraction of sp³-hybridized carbons (Fsp3) is 0.378. The van der Waals surface area contributed by atoms with Gasteiger partial charge in [0.25, 0.3) is 11.5 Å². The number of carbonyl (C=O) groups is 1. The van der Waals surface area contributed by atoms with Gasteiger partial charge in [-0.25, -0.2) is 30.1 Å². The highest BCUT2D eigenvalue weighted by molar-refractivity contribution is 7.92. The van der Waals surface area contributed by atoms with Gasteiger partial charge < -0.3 is 5.32 Å². The SMILES string of the molecule is Cn1nc(NS(C)(=O)=O)c2c(Cl)ccc(-n3c([C@H](Cc4cc(F)cc(F)c4)NC(=O)Cn4nc(C(F)(F)F)c5c4C(F)(F)[C@@H]4C[C@H]54)nn4cc(CCCS(C)(=O)=O)cc4c3=O)c21. The number of sulfonamides is 1. The number of nitrogens with zero attached hydrogens (tertiary/aromatic N) is 7. The second-order valence-corrected chi connectivity index (χ2v) is 19.9. The maximum atomic E-state index is 15.5. The van der Waals surface area contributed by atoms with Crippen molar-refractivity contribution in [2.24, 2.45) is 13.0 Å². The highest BCUT2D eigenvalue weighted by Gasteiger charge is 2.68. The second kappa shape index (κ2) is 14.8. The van der Waals surface area contributed by atoms with Gasteiger partial charge in [0.05, 0.1) is 39.7 Å². The van der Waals surface area contributed by atoms with Crippen LogP contribution < -0.4 is 15.6 Å². The molecule has 4 heterocycles. The molecular formula is C37H33ClF7N9O6S2. The van der Waals surface area contributed by atoms with E-state index in [1.807, 2.05) is 0 Å². The zero-order valence-corrected chi connectivity index (χ0v) is 34.8. The van der Waals surface area contributed by atoms with Crippen molar-refractivity contribution in [3.63, 3.8) is 0 Å². The van der Waals surface area contributed by atoms with Crippen LogP contribution in [0.5, 0.6) is 0 Å². The minimum absolute atomic E-state index is 0.00596. The fourth-order valence-corrected chi connectivity index (χ4v) is 9.59. The van der Waals surface area contributed by atoms with Crippen LogP contribution in [0.1, 0.15) is 58.7 Å². The van der Waals surface area contributed by atoms with Crippen molar-refractivity contribution in [3.05, 3.63) is 104 Å². The van der Waals surface area contributed by atoms with Crippen molar-refractivity contribution in [2.75, 3.05) is 23.0 Å². The zero-order chi connectivity index (χ0) is 45.0. The largest absolute Gasteiger partial charge is 0.435 e.